The third kappa shape index (κ3) is 7.93. The zero-order valence-electron chi connectivity index (χ0n) is 18.4. The number of carbonyl (C=O) groups excluding carboxylic acids is 1. The van der Waals surface area contributed by atoms with Gasteiger partial charge in [-0.05, 0) is 36.2 Å². The molecule has 3 N–H and O–H groups in total. The maximum atomic E-state index is 12.6. The summed E-state index contributed by atoms with van der Waals surface area (Å²) in [6.07, 6.45) is 0.265. The number of aliphatic hydroxyl groups excluding tert-OH is 1. The van der Waals surface area contributed by atoms with Gasteiger partial charge in [-0.25, -0.2) is 5.06 Å². The number of rotatable bonds is 11. The molecule has 172 valence electrons. The van der Waals surface area contributed by atoms with Crippen LogP contribution in [0.3, 0.4) is 0 Å². The largest absolute Gasteiger partial charge is 0.497 e. The van der Waals surface area contributed by atoms with E-state index in [-0.39, 0.29) is 32.1 Å². The lowest BCUT2D eigenvalue weighted by Gasteiger charge is -2.27. The van der Waals surface area contributed by atoms with E-state index in [1.54, 1.807) is 43.3 Å². The van der Waals surface area contributed by atoms with E-state index in [1.165, 1.54) is 0 Å². The Labute approximate surface area is 188 Å². The Morgan fingerprint density at radius 2 is 1.78 bits per heavy atom. The van der Waals surface area contributed by atoms with Crippen LogP contribution in [0.2, 0.25) is 0 Å². The Morgan fingerprint density at radius 3 is 2.38 bits per heavy atom. The number of benzene rings is 2. The maximum absolute atomic E-state index is 12.6. The first-order chi connectivity index (χ1) is 15.5. The number of hydrogen-bond donors (Lipinski definition) is 3. The fourth-order valence-corrected chi connectivity index (χ4v) is 2.66. The number of carbonyl (C=O) groups is 1. The zero-order chi connectivity index (χ0) is 23.3. The molecule has 2 rings (SSSR count). The third-order valence-electron chi connectivity index (χ3n) is 4.42. The summed E-state index contributed by atoms with van der Waals surface area (Å²) in [5.74, 6) is 0.933. The molecule has 0 aliphatic heterocycles. The van der Waals surface area contributed by atoms with Gasteiger partial charge >= 0.3 is 0 Å². The number of amidine groups is 1. The molecule has 0 saturated carbocycles. The first-order valence-corrected chi connectivity index (χ1v) is 10.1. The number of methoxy groups -OCH3 is 1. The van der Waals surface area contributed by atoms with Gasteiger partial charge in [-0.1, -0.05) is 36.9 Å². The van der Waals surface area contributed by atoms with Gasteiger partial charge in [-0.3, -0.25) is 10.0 Å². The summed E-state index contributed by atoms with van der Waals surface area (Å²) in [4.78, 5) is 18.6. The molecule has 0 bridgehead atoms. The van der Waals surface area contributed by atoms with Gasteiger partial charge in [-0.2, -0.15) is 4.99 Å². The van der Waals surface area contributed by atoms with Gasteiger partial charge in [0.15, 0.2) is 0 Å². The summed E-state index contributed by atoms with van der Waals surface area (Å²) in [6.45, 7) is 3.81. The highest BCUT2D eigenvalue weighted by molar-refractivity contribution is 5.84. The van der Waals surface area contributed by atoms with Crippen molar-refractivity contribution in [3.05, 3.63) is 72.6 Å². The van der Waals surface area contributed by atoms with Crippen LogP contribution >= 0.6 is 0 Å². The van der Waals surface area contributed by atoms with E-state index in [2.05, 4.69) is 16.9 Å². The number of amides is 1. The quantitative estimate of drug-likeness (QED) is 0.212. The lowest BCUT2D eigenvalue weighted by molar-refractivity contribution is -0.166. The van der Waals surface area contributed by atoms with Crippen molar-refractivity contribution in [3.63, 3.8) is 0 Å². The van der Waals surface area contributed by atoms with E-state index < -0.39 is 5.91 Å². The smallest absolute Gasteiger partial charge is 0.300 e. The summed E-state index contributed by atoms with van der Waals surface area (Å²) < 4.78 is 11.2. The second-order valence-corrected chi connectivity index (χ2v) is 6.80. The predicted molar refractivity (Wildman–Crippen MR) is 121 cm³/mol. The molecule has 32 heavy (non-hydrogen) atoms. The van der Waals surface area contributed by atoms with Crippen LogP contribution in [0, 0.1) is 0 Å². The van der Waals surface area contributed by atoms with Crippen molar-refractivity contribution in [2.75, 3.05) is 33.9 Å². The molecule has 2 aromatic rings. The molecular formula is C23H30N4O5. The number of aliphatic imine (C=N–C) groups is 1. The lowest BCUT2D eigenvalue weighted by Crippen LogP contribution is -2.43. The lowest BCUT2D eigenvalue weighted by atomic mass is 10.2. The van der Waals surface area contributed by atoms with Gasteiger partial charge < -0.3 is 24.8 Å². The number of ether oxygens (including phenoxy) is 2. The Balaban J connectivity index is 2.34. The zero-order valence-corrected chi connectivity index (χ0v) is 18.4. The second kappa shape index (κ2) is 13.0. The van der Waals surface area contributed by atoms with Crippen LogP contribution in [0.4, 0.5) is 0 Å². The summed E-state index contributed by atoms with van der Waals surface area (Å²) in [6, 6.07) is 16.6. The van der Waals surface area contributed by atoms with E-state index in [0.29, 0.717) is 28.9 Å². The van der Waals surface area contributed by atoms with Crippen molar-refractivity contribution in [2.45, 2.75) is 13.0 Å². The van der Waals surface area contributed by atoms with E-state index in [9.17, 15) is 10.0 Å². The Bertz CT molecular complexity index is 887. The number of hydroxylamine groups is 2. The highest BCUT2D eigenvalue weighted by Gasteiger charge is 2.22. The Morgan fingerprint density at radius 1 is 1.12 bits per heavy atom. The molecule has 0 aromatic heterocycles. The van der Waals surface area contributed by atoms with Gasteiger partial charge in [0.25, 0.3) is 11.9 Å². The highest BCUT2D eigenvalue weighted by Crippen LogP contribution is 2.19. The highest BCUT2D eigenvalue weighted by atomic mass is 16.5. The first kappa shape index (κ1) is 24.7. The fourth-order valence-electron chi connectivity index (χ4n) is 2.66. The predicted octanol–water partition coefficient (Wildman–Crippen LogP) is 2.22. The standard InChI is InChI=1S/C23H30N4O5/c1-18(24-2)25-23(32-21-12-10-20(31-3)11-13-21)26(16-19-8-5-4-6-9-19)17-22(29)27(30)14-7-15-28/h4-6,8-13,24,28,30H,1,7,14-17H2,2-3H3/b25-23+. The maximum Gasteiger partial charge on any atom is 0.300 e. The van der Waals surface area contributed by atoms with Crippen LogP contribution in [0.1, 0.15) is 12.0 Å². The monoisotopic (exact) mass is 442 g/mol. The van der Waals surface area contributed by atoms with Crippen LogP contribution in [0.5, 0.6) is 11.5 Å². The van der Waals surface area contributed by atoms with Crippen molar-refractivity contribution >= 4 is 11.9 Å². The van der Waals surface area contributed by atoms with E-state index in [0.717, 1.165) is 5.56 Å². The normalized spacial score (nSPS) is 10.9. The minimum Gasteiger partial charge on any atom is -0.497 e. The van der Waals surface area contributed by atoms with Crippen molar-refractivity contribution in [1.29, 1.82) is 0 Å². The molecule has 0 radical (unpaired) electrons. The molecule has 0 aliphatic carbocycles. The summed E-state index contributed by atoms with van der Waals surface area (Å²) >= 11 is 0. The molecule has 0 spiro atoms. The van der Waals surface area contributed by atoms with Gasteiger partial charge in [-0.15, -0.1) is 0 Å². The molecule has 9 nitrogen and oxygen atoms in total. The van der Waals surface area contributed by atoms with E-state index in [4.69, 9.17) is 14.6 Å². The van der Waals surface area contributed by atoms with Gasteiger partial charge in [0.2, 0.25) is 0 Å². The minimum absolute atomic E-state index is 0.0174. The van der Waals surface area contributed by atoms with E-state index >= 15 is 0 Å². The second-order valence-electron chi connectivity index (χ2n) is 6.80. The Kier molecular flexibility index (Phi) is 10.0. The van der Waals surface area contributed by atoms with Crippen molar-refractivity contribution in [3.8, 4) is 11.5 Å². The third-order valence-corrected chi connectivity index (χ3v) is 4.42. The average molecular weight is 443 g/mol. The molecule has 0 saturated heterocycles. The topological polar surface area (TPSA) is 107 Å². The van der Waals surface area contributed by atoms with Crippen LogP contribution < -0.4 is 14.8 Å². The summed E-state index contributed by atoms with van der Waals surface area (Å²) in [7, 11) is 3.25. The van der Waals surface area contributed by atoms with Crippen LogP contribution in [-0.4, -0.2) is 66.1 Å². The molecule has 0 atom stereocenters. The number of aliphatic hydroxyl groups is 1. The summed E-state index contributed by atoms with van der Waals surface area (Å²) in [5.41, 5.74) is 0.918. The molecule has 0 fully saturated rings. The molecule has 0 heterocycles. The average Bonchev–Trinajstić information content (AvgIpc) is 2.82. The van der Waals surface area contributed by atoms with Crippen LogP contribution in [-0.2, 0) is 11.3 Å². The summed E-state index contributed by atoms with van der Waals surface area (Å²) in [5, 5.41) is 22.4. The first-order valence-electron chi connectivity index (χ1n) is 10.1. The molecule has 0 aliphatic rings. The van der Waals surface area contributed by atoms with E-state index in [1.807, 2.05) is 30.3 Å². The number of nitrogens with one attached hydrogen (secondary N) is 1. The van der Waals surface area contributed by atoms with Gasteiger partial charge in [0.05, 0.1) is 13.7 Å². The van der Waals surface area contributed by atoms with Gasteiger partial charge in [0.1, 0.15) is 23.9 Å². The van der Waals surface area contributed by atoms with Crippen LogP contribution in [0.15, 0.2) is 72.0 Å². The SMILES string of the molecule is C=C(/N=C(/Oc1ccc(OC)cc1)N(CC(=O)N(O)CCCO)Cc1ccccc1)NC. The van der Waals surface area contributed by atoms with Crippen molar-refractivity contribution in [2.24, 2.45) is 4.99 Å². The van der Waals surface area contributed by atoms with Crippen molar-refractivity contribution in [1.82, 2.24) is 15.3 Å². The fraction of sp³-hybridized carbons (Fsp3) is 0.304. The minimum atomic E-state index is -0.560. The molecule has 1 amide bonds. The number of hydrogen-bond acceptors (Lipinski definition) is 7. The molecule has 0 unspecified atom stereocenters. The Hall–Kier alpha value is -3.56. The van der Waals surface area contributed by atoms with Crippen LogP contribution in [0.25, 0.3) is 0 Å². The molecule has 9 heteroatoms. The van der Waals surface area contributed by atoms with Gasteiger partial charge in [0, 0.05) is 20.2 Å². The number of nitrogens with zero attached hydrogens (tertiary/aromatic N) is 3. The van der Waals surface area contributed by atoms with Crippen molar-refractivity contribution < 1.29 is 24.6 Å². The molecule has 2 aromatic carbocycles. The molecular weight excluding hydrogens is 412 g/mol.